The lowest BCUT2D eigenvalue weighted by Gasteiger charge is -2.29. The Bertz CT molecular complexity index is 517. The van der Waals surface area contributed by atoms with Gasteiger partial charge in [-0.15, -0.1) is 12.4 Å². The van der Waals surface area contributed by atoms with Gasteiger partial charge in [-0.3, -0.25) is 4.79 Å². The molecule has 1 N–H and O–H groups in total. The molecule has 0 saturated carbocycles. The van der Waals surface area contributed by atoms with E-state index in [1.807, 2.05) is 12.1 Å². The monoisotopic (exact) mass is 338 g/mol. The van der Waals surface area contributed by atoms with Crippen molar-refractivity contribution < 1.29 is 9.53 Å². The third-order valence-corrected chi connectivity index (χ3v) is 4.97. The van der Waals surface area contributed by atoms with Crippen molar-refractivity contribution in [2.75, 3.05) is 26.7 Å². The molecule has 5 heteroatoms. The Hall–Kier alpha value is -1.26. The van der Waals surface area contributed by atoms with Crippen LogP contribution in [0.2, 0.25) is 0 Å². The average Bonchev–Trinajstić information content (AvgIpc) is 3.05. The zero-order valence-electron chi connectivity index (χ0n) is 13.8. The number of carbonyl (C=O) groups excluding carboxylic acids is 1. The summed E-state index contributed by atoms with van der Waals surface area (Å²) in [5.41, 5.74) is 1.20. The van der Waals surface area contributed by atoms with Crippen LogP contribution in [0.3, 0.4) is 0 Å². The van der Waals surface area contributed by atoms with Crippen molar-refractivity contribution in [3.63, 3.8) is 0 Å². The predicted molar refractivity (Wildman–Crippen MR) is 94.1 cm³/mol. The van der Waals surface area contributed by atoms with Crippen molar-refractivity contribution in [1.29, 1.82) is 0 Å². The van der Waals surface area contributed by atoms with E-state index in [2.05, 4.69) is 22.3 Å². The van der Waals surface area contributed by atoms with Gasteiger partial charge in [0, 0.05) is 13.0 Å². The van der Waals surface area contributed by atoms with E-state index in [0.29, 0.717) is 18.2 Å². The smallest absolute Gasteiger partial charge is 0.223 e. The highest BCUT2D eigenvalue weighted by atomic mass is 35.5. The van der Waals surface area contributed by atoms with Crippen LogP contribution in [0.15, 0.2) is 24.3 Å². The van der Waals surface area contributed by atoms with E-state index in [0.717, 1.165) is 51.1 Å². The number of benzene rings is 1. The van der Waals surface area contributed by atoms with Gasteiger partial charge in [-0.1, -0.05) is 12.1 Å². The highest BCUT2D eigenvalue weighted by Crippen LogP contribution is 2.34. The van der Waals surface area contributed by atoms with E-state index < -0.39 is 0 Å². The molecule has 0 aromatic heterocycles. The first-order valence-corrected chi connectivity index (χ1v) is 8.42. The van der Waals surface area contributed by atoms with Crippen molar-refractivity contribution in [3.05, 3.63) is 29.8 Å². The third kappa shape index (κ3) is 4.39. The van der Waals surface area contributed by atoms with E-state index in [1.54, 1.807) is 7.11 Å². The summed E-state index contributed by atoms with van der Waals surface area (Å²) in [4.78, 5) is 14.8. The fourth-order valence-corrected chi connectivity index (χ4v) is 3.71. The standard InChI is InChI=1S/C18H26N2O2.ClH/c1-22-16-5-2-4-15(13-16)17-6-3-11-20(17)18(21)12-14-7-9-19-10-8-14;/h2,4-5,13-14,17,19H,3,6-12H2,1H3;1H. The molecular weight excluding hydrogens is 312 g/mol. The van der Waals surface area contributed by atoms with Crippen molar-refractivity contribution >= 4 is 18.3 Å². The molecular formula is C18H27ClN2O2. The molecule has 0 aliphatic carbocycles. The average molecular weight is 339 g/mol. The van der Waals surface area contributed by atoms with E-state index in [-0.39, 0.29) is 18.4 Å². The number of hydrogen-bond donors (Lipinski definition) is 1. The number of likely N-dealkylation sites (tertiary alicyclic amines) is 1. The predicted octanol–water partition coefficient (Wildman–Crippen LogP) is 3.17. The number of ether oxygens (including phenoxy) is 1. The van der Waals surface area contributed by atoms with E-state index in [4.69, 9.17) is 4.74 Å². The zero-order valence-corrected chi connectivity index (χ0v) is 14.6. The van der Waals surface area contributed by atoms with Gasteiger partial charge in [0.2, 0.25) is 5.91 Å². The van der Waals surface area contributed by atoms with Crippen LogP contribution in [0, 0.1) is 5.92 Å². The molecule has 2 saturated heterocycles. The van der Waals surface area contributed by atoms with Gasteiger partial charge in [-0.25, -0.2) is 0 Å². The molecule has 2 fully saturated rings. The maximum absolute atomic E-state index is 12.7. The molecule has 2 aliphatic rings. The number of amides is 1. The Morgan fingerprint density at radius 3 is 2.83 bits per heavy atom. The Morgan fingerprint density at radius 1 is 1.30 bits per heavy atom. The van der Waals surface area contributed by atoms with Gasteiger partial charge in [-0.05, 0) is 62.4 Å². The molecule has 1 amide bonds. The molecule has 23 heavy (non-hydrogen) atoms. The summed E-state index contributed by atoms with van der Waals surface area (Å²) in [5.74, 6) is 1.76. The van der Waals surface area contributed by atoms with Crippen LogP contribution in [0.25, 0.3) is 0 Å². The largest absolute Gasteiger partial charge is 0.497 e. The van der Waals surface area contributed by atoms with Crippen LogP contribution in [0.5, 0.6) is 5.75 Å². The molecule has 3 rings (SSSR count). The number of halogens is 1. The normalized spacial score (nSPS) is 21.8. The Labute approximate surface area is 145 Å². The van der Waals surface area contributed by atoms with Gasteiger partial charge >= 0.3 is 0 Å². The topological polar surface area (TPSA) is 41.6 Å². The second-order valence-corrected chi connectivity index (χ2v) is 6.42. The molecule has 128 valence electrons. The first-order valence-electron chi connectivity index (χ1n) is 8.42. The minimum atomic E-state index is 0. The summed E-state index contributed by atoms with van der Waals surface area (Å²) >= 11 is 0. The first kappa shape index (κ1) is 18.1. The molecule has 2 heterocycles. The van der Waals surface area contributed by atoms with Crippen LogP contribution in [0.4, 0.5) is 0 Å². The summed E-state index contributed by atoms with van der Waals surface area (Å²) in [7, 11) is 1.69. The Balaban J connectivity index is 0.00000192. The minimum Gasteiger partial charge on any atom is -0.497 e. The van der Waals surface area contributed by atoms with Crippen LogP contribution >= 0.6 is 12.4 Å². The quantitative estimate of drug-likeness (QED) is 0.916. The maximum Gasteiger partial charge on any atom is 0.223 e. The number of nitrogens with zero attached hydrogens (tertiary/aromatic N) is 1. The number of methoxy groups -OCH3 is 1. The Kier molecular flexibility index (Phi) is 6.72. The number of nitrogens with one attached hydrogen (secondary N) is 1. The van der Waals surface area contributed by atoms with Crippen LogP contribution in [0.1, 0.15) is 43.7 Å². The third-order valence-electron chi connectivity index (χ3n) is 4.97. The van der Waals surface area contributed by atoms with Crippen molar-refractivity contribution in [2.45, 2.75) is 38.1 Å². The molecule has 4 nitrogen and oxygen atoms in total. The Morgan fingerprint density at radius 2 is 2.09 bits per heavy atom. The van der Waals surface area contributed by atoms with Crippen LogP contribution < -0.4 is 10.1 Å². The molecule has 1 aromatic rings. The lowest BCUT2D eigenvalue weighted by atomic mass is 9.93. The summed E-state index contributed by atoms with van der Waals surface area (Å²) in [5, 5.41) is 3.37. The number of carbonyl (C=O) groups is 1. The second kappa shape index (κ2) is 8.55. The molecule has 0 radical (unpaired) electrons. The van der Waals surface area contributed by atoms with Crippen molar-refractivity contribution in [2.24, 2.45) is 5.92 Å². The second-order valence-electron chi connectivity index (χ2n) is 6.42. The van der Waals surface area contributed by atoms with Crippen molar-refractivity contribution in [3.8, 4) is 5.75 Å². The van der Waals surface area contributed by atoms with E-state index in [1.165, 1.54) is 5.56 Å². The summed E-state index contributed by atoms with van der Waals surface area (Å²) < 4.78 is 5.32. The molecule has 0 spiro atoms. The van der Waals surface area contributed by atoms with Crippen LogP contribution in [-0.2, 0) is 4.79 Å². The molecule has 1 atom stereocenters. The van der Waals surface area contributed by atoms with Gasteiger partial charge in [0.05, 0.1) is 13.2 Å². The van der Waals surface area contributed by atoms with Gasteiger partial charge in [0.1, 0.15) is 5.75 Å². The molecule has 0 bridgehead atoms. The van der Waals surface area contributed by atoms with E-state index in [9.17, 15) is 4.79 Å². The SMILES string of the molecule is COc1cccc(C2CCCN2C(=O)CC2CCNCC2)c1.Cl. The van der Waals surface area contributed by atoms with E-state index >= 15 is 0 Å². The number of piperidine rings is 1. The highest BCUT2D eigenvalue weighted by Gasteiger charge is 2.31. The summed E-state index contributed by atoms with van der Waals surface area (Å²) in [6.07, 6.45) is 5.12. The van der Waals surface area contributed by atoms with Gasteiger partial charge in [0.15, 0.2) is 0 Å². The van der Waals surface area contributed by atoms with Gasteiger partial charge in [0.25, 0.3) is 0 Å². The highest BCUT2D eigenvalue weighted by molar-refractivity contribution is 5.85. The zero-order chi connectivity index (χ0) is 15.4. The molecule has 1 unspecified atom stereocenters. The van der Waals surface area contributed by atoms with Gasteiger partial charge in [-0.2, -0.15) is 0 Å². The number of hydrogen-bond acceptors (Lipinski definition) is 3. The lowest BCUT2D eigenvalue weighted by Crippen LogP contribution is -2.35. The van der Waals surface area contributed by atoms with Gasteiger partial charge < -0.3 is 15.0 Å². The molecule has 1 aromatic carbocycles. The lowest BCUT2D eigenvalue weighted by molar-refractivity contribution is -0.133. The molecule has 2 aliphatic heterocycles. The maximum atomic E-state index is 12.7. The fraction of sp³-hybridized carbons (Fsp3) is 0.611. The summed E-state index contributed by atoms with van der Waals surface area (Å²) in [6, 6.07) is 8.38. The summed E-state index contributed by atoms with van der Waals surface area (Å²) in [6.45, 7) is 3.00. The first-order chi connectivity index (χ1) is 10.8. The number of rotatable bonds is 4. The fourth-order valence-electron chi connectivity index (χ4n) is 3.71. The minimum absolute atomic E-state index is 0. The van der Waals surface area contributed by atoms with Crippen LogP contribution in [-0.4, -0.2) is 37.6 Å². The van der Waals surface area contributed by atoms with Crippen molar-refractivity contribution in [1.82, 2.24) is 10.2 Å².